The summed E-state index contributed by atoms with van der Waals surface area (Å²) in [6.45, 7) is 5.83. The Bertz CT molecular complexity index is 2790. The van der Waals surface area contributed by atoms with Crippen molar-refractivity contribution in [1.82, 2.24) is 14.5 Å². The van der Waals surface area contributed by atoms with Gasteiger partial charge in [-0.3, -0.25) is 14.2 Å². The number of carboxylic acid groups (broad SMARTS) is 1. The highest BCUT2D eigenvalue weighted by Crippen LogP contribution is 2.20. The SMILES string of the molecule is CCl.Cc1ccc(C(=O)O)c(N)c1.Cc1ccc2c(=O)n(C)c(-c3ccccc3)nc2c1.Cc1ccc2c(=O)oc(-c3ccccc3)nc2c1.O=C(Cl)c1ccccc1. The second-order valence-electron chi connectivity index (χ2n) is 12.9. The highest BCUT2D eigenvalue weighted by atomic mass is 35.5. The van der Waals surface area contributed by atoms with Crippen LogP contribution in [0.25, 0.3) is 44.6 Å². The van der Waals surface area contributed by atoms with E-state index >= 15 is 0 Å². The number of carbonyl (C=O) groups is 2. The molecular weight excluding hydrogens is 787 g/mol. The molecule has 300 valence electrons. The van der Waals surface area contributed by atoms with Crippen LogP contribution in [0.5, 0.6) is 0 Å². The van der Waals surface area contributed by atoms with E-state index < -0.39 is 11.2 Å². The smallest absolute Gasteiger partial charge is 0.347 e. The average Bonchev–Trinajstić information content (AvgIpc) is 3.24. The molecule has 0 radical (unpaired) electrons. The predicted molar refractivity (Wildman–Crippen MR) is 239 cm³/mol. The lowest BCUT2D eigenvalue weighted by molar-refractivity contribution is 0.0697. The number of aryl methyl sites for hydroxylation is 3. The molecule has 0 fully saturated rings. The third-order valence-corrected chi connectivity index (χ3v) is 8.73. The van der Waals surface area contributed by atoms with Gasteiger partial charge in [0.1, 0.15) is 5.82 Å². The van der Waals surface area contributed by atoms with Crippen LogP contribution in [0.15, 0.2) is 160 Å². The van der Waals surface area contributed by atoms with Gasteiger partial charge in [0.15, 0.2) is 0 Å². The van der Waals surface area contributed by atoms with Crippen molar-refractivity contribution in [3.8, 4) is 22.8 Å². The lowest BCUT2D eigenvalue weighted by Gasteiger charge is -2.09. The van der Waals surface area contributed by atoms with Gasteiger partial charge < -0.3 is 15.3 Å². The Kier molecular flexibility index (Phi) is 16.4. The van der Waals surface area contributed by atoms with Crippen molar-refractivity contribution in [2.24, 2.45) is 7.05 Å². The first-order valence-electron chi connectivity index (χ1n) is 18.0. The van der Waals surface area contributed by atoms with E-state index in [1.165, 1.54) is 12.4 Å². The van der Waals surface area contributed by atoms with Crippen LogP contribution < -0.4 is 16.9 Å². The molecule has 0 unspecified atom stereocenters. The Hall–Kier alpha value is -6.88. The molecule has 6 aromatic carbocycles. The van der Waals surface area contributed by atoms with Crippen LogP contribution >= 0.6 is 23.2 Å². The Labute approximate surface area is 351 Å². The number of aromatic nitrogens is 3. The number of carbonyl (C=O) groups excluding carboxylic acids is 1. The Balaban J connectivity index is 0.000000178. The Morgan fingerprint density at radius 1 is 0.644 bits per heavy atom. The number of rotatable bonds is 4. The standard InChI is InChI=1S/C16H14N2O.C15H11NO2.C8H9NO2.C7H5ClO.CH3Cl/c1-11-8-9-13-14(10-11)17-15(18(2)16(13)19)12-6-4-3-5-7-12;1-10-7-8-12-13(9-10)16-14(18-15(12)17)11-5-3-2-4-6-11;1-5-2-3-6(8(10)11)7(9)4-5;8-7(9)6-4-2-1-3-5-6;1-2/h3-10H,1-2H3;2-9H,1H3;2-4H,9H2,1H3,(H,10,11);1-5H;1H3. The molecule has 12 heteroatoms. The summed E-state index contributed by atoms with van der Waals surface area (Å²) in [6, 6.07) is 44.0. The van der Waals surface area contributed by atoms with Gasteiger partial charge in [0, 0.05) is 35.8 Å². The number of hydrogen-bond donors (Lipinski definition) is 2. The van der Waals surface area contributed by atoms with E-state index in [-0.39, 0.29) is 16.7 Å². The summed E-state index contributed by atoms with van der Waals surface area (Å²) >= 11 is 9.80. The molecular formula is C47H42Cl2N4O6. The predicted octanol–water partition coefficient (Wildman–Crippen LogP) is 10.3. The fraction of sp³-hybridized carbons (Fsp3) is 0.106. The summed E-state index contributed by atoms with van der Waals surface area (Å²) in [5, 5.41) is 9.34. The van der Waals surface area contributed by atoms with Crippen LogP contribution in [0.4, 0.5) is 5.69 Å². The number of halogens is 2. The van der Waals surface area contributed by atoms with Gasteiger partial charge >= 0.3 is 11.6 Å². The van der Waals surface area contributed by atoms with Crippen LogP contribution in [0.2, 0.25) is 0 Å². The highest BCUT2D eigenvalue weighted by Gasteiger charge is 2.11. The lowest BCUT2D eigenvalue weighted by Crippen LogP contribution is -2.20. The number of anilines is 1. The number of aromatic carboxylic acids is 1. The van der Waals surface area contributed by atoms with Crippen molar-refractivity contribution in [2.45, 2.75) is 20.8 Å². The zero-order valence-electron chi connectivity index (χ0n) is 33.0. The van der Waals surface area contributed by atoms with Crippen LogP contribution in [-0.2, 0) is 7.05 Å². The van der Waals surface area contributed by atoms with E-state index in [0.29, 0.717) is 39.3 Å². The second-order valence-corrected chi connectivity index (χ2v) is 13.3. The normalized spacial score (nSPS) is 10.0. The summed E-state index contributed by atoms with van der Waals surface area (Å²) in [5.41, 5.74) is 12.4. The van der Waals surface area contributed by atoms with E-state index in [2.05, 4.69) is 21.6 Å². The van der Waals surface area contributed by atoms with Gasteiger partial charge in [0.05, 0.1) is 27.4 Å². The van der Waals surface area contributed by atoms with Gasteiger partial charge in [-0.25, -0.2) is 19.6 Å². The molecule has 2 heterocycles. The molecule has 0 bridgehead atoms. The maximum Gasteiger partial charge on any atom is 0.347 e. The molecule has 0 saturated carbocycles. The molecule has 0 amide bonds. The maximum atomic E-state index is 12.4. The van der Waals surface area contributed by atoms with E-state index in [4.69, 9.17) is 26.9 Å². The fourth-order valence-corrected chi connectivity index (χ4v) is 5.68. The minimum absolute atomic E-state index is 0.0103. The molecule has 0 aliphatic heterocycles. The van der Waals surface area contributed by atoms with Gasteiger partial charge in [-0.15, -0.1) is 11.6 Å². The van der Waals surface area contributed by atoms with Crippen LogP contribution in [0.3, 0.4) is 0 Å². The summed E-state index contributed by atoms with van der Waals surface area (Å²) in [5.74, 6) is 0.0740. The number of hydrogen-bond acceptors (Lipinski definition) is 8. The maximum absolute atomic E-state index is 12.4. The monoisotopic (exact) mass is 828 g/mol. The van der Waals surface area contributed by atoms with Gasteiger partial charge in [-0.05, 0) is 97.6 Å². The average molecular weight is 830 g/mol. The van der Waals surface area contributed by atoms with Crippen LogP contribution in [0.1, 0.15) is 37.4 Å². The first kappa shape index (κ1) is 44.8. The molecule has 59 heavy (non-hydrogen) atoms. The number of alkyl halides is 1. The Morgan fingerprint density at radius 3 is 1.63 bits per heavy atom. The minimum atomic E-state index is -0.984. The van der Waals surface area contributed by atoms with E-state index in [1.54, 1.807) is 54.1 Å². The zero-order chi connectivity index (χ0) is 43.1. The van der Waals surface area contributed by atoms with Crippen molar-refractivity contribution in [3.63, 3.8) is 0 Å². The Morgan fingerprint density at radius 2 is 1.12 bits per heavy atom. The largest absolute Gasteiger partial charge is 0.478 e. The van der Waals surface area contributed by atoms with Crippen LogP contribution in [-0.4, -0.2) is 37.2 Å². The number of fused-ring (bicyclic) bond motifs is 2. The molecule has 0 spiro atoms. The molecule has 10 nitrogen and oxygen atoms in total. The molecule has 0 aliphatic rings. The molecule has 0 saturated heterocycles. The quantitative estimate of drug-likeness (QED) is 0.100. The van der Waals surface area contributed by atoms with Crippen LogP contribution in [0, 0.1) is 20.8 Å². The van der Waals surface area contributed by atoms with Gasteiger partial charge in [-0.1, -0.05) is 97.1 Å². The van der Waals surface area contributed by atoms with Gasteiger partial charge in [0.25, 0.3) is 10.8 Å². The first-order valence-corrected chi connectivity index (χ1v) is 19.2. The van der Waals surface area contributed by atoms with Crippen molar-refractivity contribution in [2.75, 3.05) is 12.1 Å². The van der Waals surface area contributed by atoms with Gasteiger partial charge in [-0.2, -0.15) is 0 Å². The molecule has 8 aromatic rings. The third kappa shape index (κ3) is 12.3. The lowest BCUT2D eigenvalue weighted by atomic mass is 10.1. The number of nitrogen functional groups attached to an aromatic ring is 1. The van der Waals surface area contributed by atoms with Gasteiger partial charge in [0.2, 0.25) is 5.89 Å². The third-order valence-electron chi connectivity index (χ3n) is 8.51. The second kappa shape index (κ2) is 21.6. The molecule has 0 aliphatic carbocycles. The molecule has 0 atom stereocenters. The first-order chi connectivity index (χ1) is 28.3. The van der Waals surface area contributed by atoms with Crippen molar-refractivity contribution >= 4 is 61.9 Å². The topological polar surface area (TPSA) is 158 Å². The molecule has 2 aromatic heterocycles. The molecule has 8 rings (SSSR count). The number of nitrogens with zero attached hydrogens (tertiary/aromatic N) is 3. The number of nitrogens with two attached hydrogens (primary N) is 1. The summed E-state index contributed by atoms with van der Waals surface area (Å²) in [4.78, 5) is 54.1. The zero-order valence-corrected chi connectivity index (χ0v) is 34.5. The highest BCUT2D eigenvalue weighted by molar-refractivity contribution is 6.67. The van der Waals surface area contributed by atoms with E-state index in [9.17, 15) is 19.2 Å². The summed E-state index contributed by atoms with van der Waals surface area (Å²) in [7, 11) is 1.76. The number of carboxylic acids is 1. The number of benzene rings is 6. The van der Waals surface area contributed by atoms with E-state index in [1.807, 2.05) is 118 Å². The fourth-order valence-electron chi connectivity index (χ4n) is 5.56. The van der Waals surface area contributed by atoms with Crippen molar-refractivity contribution in [3.05, 3.63) is 194 Å². The van der Waals surface area contributed by atoms with E-state index in [0.717, 1.165) is 33.3 Å². The summed E-state index contributed by atoms with van der Waals surface area (Å²) in [6.07, 6.45) is 1.47. The van der Waals surface area contributed by atoms with Crippen molar-refractivity contribution < 1.29 is 19.1 Å². The van der Waals surface area contributed by atoms with Crippen molar-refractivity contribution in [1.29, 1.82) is 0 Å². The minimum Gasteiger partial charge on any atom is -0.478 e. The molecule has 3 N–H and O–H groups in total. The summed E-state index contributed by atoms with van der Waals surface area (Å²) < 4.78 is 6.85.